The van der Waals surface area contributed by atoms with E-state index < -0.39 is 10.0 Å². The number of methoxy groups -OCH3 is 1. The second-order valence-corrected chi connectivity index (χ2v) is 9.93. The van der Waals surface area contributed by atoms with E-state index in [-0.39, 0.29) is 16.3 Å². The van der Waals surface area contributed by atoms with Crippen molar-refractivity contribution in [2.45, 2.75) is 31.6 Å². The molecule has 0 spiro atoms. The molecule has 0 radical (unpaired) electrons. The maximum atomic E-state index is 13.3. The van der Waals surface area contributed by atoms with Crippen LogP contribution in [0.3, 0.4) is 0 Å². The molecule has 0 amide bonds. The fourth-order valence-electron chi connectivity index (χ4n) is 3.95. The highest BCUT2D eigenvalue weighted by atomic mass is 32.2. The first kappa shape index (κ1) is 22.4. The smallest absolute Gasteiger partial charge is 0.277 e. The number of hydrogen-bond donors (Lipinski definition) is 1. The summed E-state index contributed by atoms with van der Waals surface area (Å²) in [4.78, 5) is 22.3. The van der Waals surface area contributed by atoms with Gasteiger partial charge in [0.05, 0.1) is 23.3 Å². The molecule has 0 atom stereocenters. The summed E-state index contributed by atoms with van der Waals surface area (Å²) in [6.45, 7) is 6.00. The van der Waals surface area contributed by atoms with Crippen molar-refractivity contribution in [1.82, 2.24) is 28.8 Å². The summed E-state index contributed by atoms with van der Waals surface area (Å²) < 4.78 is 35.0. The molecule has 2 aromatic heterocycles. The van der Waals surface area contributed by atoms with Gasteiger partial charge in [-0.05, 0) is 38.6 Å². The number of nitrogens with zero attached hydrogens (tertiary/aromatic N) is 5. The first-order valence-corrected chi connectivity index (χ1v) is 12.1. The zero-order valence-electron chi connectivity index (χ0n) is 18.8. The van der Waals surface area contributed by atoms with Crippen molar-refractivity contribution in [2.75, 3.05) is 40.3 Å². The van der Waals surface area contributed by atoms with Crippen LogP contribution in [0.25, 0.3) is 16.9 Å². The summed E-state index contributed by atoms with van der Waals surface area (Å²) in [7, 11) is -0.230. The molecule has 11 heteroatoms. The lowest BCUT2D eigenvalue weighted by Crippen LogP contribution is -2.47. The first-order chi connectivity index (χ1) is 15.3. The van der Waals surface area contributed by atoms with E-state index in [1.165, 1.54) is 23.5 Å². The highest BCUT2D eigenvalue weighted by Gasteiger charge is 2.28. The number of aromatic nitrogens is 4. The van der Waals surface area contributed by atoms with Gasteiger partial charge in [-0.1, -0.05) is 6.92 Å². The normalized spacial score (nSPS) is 16.0. The number of nitrogens with one attached hydrogen (secondary N) is 1. The lowest BCUT2D eigenvalue weighted by atomic mass is 10.2. The topological polar surface area (TPSA) is 113 Å². The Kier molecular flexibility index (Phi) is 6.06. The summed E-state index contributed by atoms with van der Waals surface area (Å²) in [6.07, 6.45) is 1.52. The molecule has 0 aliphatic carbocycles. The van der Waals surface area contributed by atoms with Crippen molar-refractivity contribution in [1.29, 1.82) is 0 Å². The Labute approximate surface area is 186 Å². The highest BCUT2D eigenvalue weighted by Crippen LogP contribution is 2.31. The first-order valence-electron chi connectivity index (χ1n) is 10.6. The average Bonchev–Trinajstić information content (AvgIpc) is 3.09. The number of H-pyrrole nitrogens is 1. The zero-order valence-corrected chi connectivity index (χ0v) is 19.6. The highest BCUT2D eigenvalue weighted by molar-refractivity contribution is 7.89. The number of sulfonamides is 1. The minimum Gasteiger partial charge on any atom is -0.496 e. The van der Waals surface area contributed by atoms with Gasteiger partial charge in [0, 0.05) is 32.6 Å². The quantitative estimate of drug-likeness (QED) is 0.590. The third-order valence-electron chi connectivity index (χ3n) is 5.74. The van der Waals surface area contributed by atoms with E-state index in [1.54, 1.807) is 17.5 Å². The van der Waals surface area contributed by atoms with E-state index in [0.29, 0.717) is 60.9 Å². The number of fused-ring (bicyclic) bond motifs is 1. The van der Waals surface area contributed by atoms with Gasteiger partial charge in [0.1, 0.15) is 11.6 Å². The van der Waals surface area contributed by atoms with Crippen LogP contribution in [0, 0.1) is 6.92 Å². The average molecular weight is 461 g/mol. The molecule has 1 saturated heterocycles. The van der Waals surface area contributed by atoms with Crippen molar-refractivity contribution >= 4 is 15.5 Å². The molecule has 172 valence electrons. The maximum absolute atomic E-state index is 13.3. The minimum absolute atomic E-state index is 0.135. The number of benzene rings is 1. The van der Waals surface area contributed by atoms with Crippen LogP contribution in [0.2, 0.25) is 0 Å². The number of hydrogen-bond acceptors (Lipinski definition) is 7. The van der Waals surface area contributed by atoms with E-state index in [0.717, 1.165) is 6.42 Å². The van der Waals surface area contributed by atoms with Gasteiger partial charge in [0.2, 0.25) is 10.0 Å². The number of likely N-dealkylation sites (N-methyl/N-ethyl adjacent to an activating group) is 1. The molecule has 3 heterocycles. The predicted molar refractivity (Wildman–Crippen MR) is 121 cm³/mol. The largest absolute Gasteiger partial charge is 0.496 e. The Morgan fingerprint density at radius 1 is 1.19 bits per heavy atom. The van der Waals surface area contributed by atoms with E-state index in [2.05, 4.69) is 20.0 Å². The van der Waals surface area contributed by atoms with Crippen molar-refractivity contribution in [3.63, 3.8) is 0 Å². The zero-order chi connectivity index (χ0) is 23.0. The van der Waals surface area contributed by atoms with E-state index in [9.17, 15) is 13.2 Å². The second-order valence-electron chi connectivity index (χ2n) is 8.00. The van der Waals surface area contributed by atoms with Gasteiger partial charge in [-0.2, -0.15) is 4.31 Å². The van der Waals surface area contributed by atoms with Crippen LogP contribution < -0.4 is 10.3 Å². The SMILES string of the molecule is CCCc1nc(C)c2c(=O)[nH]c(-c3cc(S(=O)(=O)N4CCN(C)CC4)ccc3OC)nn12. The Hall–Kier alpha value is -2.76. The molecular formula is C21H28N6O4S. The van der Waals surface area contributed by atoms with Gasteiger partial charge >= 0.3 is 0 Å². The Morgan fingerprint density at radius 3 is 2.56 bits per heavy atom. The summed E-state index contributed by atoms with van der Waals surface area (Å²) in [6, 6.07) is 4.63. The van der Waals surface area contributed by atoms with Crippen molar-refractivity contribution in [2.24, 2.45) is 0 Å². The third-order valence-corrected chi connectivity index (χ3v) is 7.64. The van der Waals surface area contributed by atoms with Crippen molar-refractivity contribution in [3.05, 3.63) is 40.1 Å². The molecule has 0 saturated carbocycles. The van der Waals surface area contributed by atoms with Gasteiger partial charge in [0.15, 0.2) is 11.3 Å². The lowest BCUT2D eigenvalue weighted by Gasteiger charge is -2.31. The lowest BCUT2D eigenvalue weighted by molar-refractivity contribution is 0.222. The van der Waals surface area contributed by atoms with Gasteiger partial charge < -0.3 is 14.6 Å². The van der Waals surface area contributed by atoms with Crippen LogP contribution in [0.15, 0.2) is 27.9 Å². The standard InChI is InChI=1S/C21H28N6O4S/c1-5-6-18-22-14(2)19-21(28)23-20(24-27(18)19)16-13-15(7-8-17(16)31-4)32(29,30)26-11-9-25(3)10-12-26/h7-8,13H,5-6,9-12H2,1-4H3,(H,23,24,28). The second kappa shape index (κ2) is 8.64. The molecule has 1 aliphatic rings. The molecule has 32 heavy (non-hydrogen) atoms. The van der Waals surface area contributed by atoms with Crippen LogP contribution in [0.5, 0.6) is 5.75 Å². The van der Waals surface area contributed by atoms with Gasteiger partial charge in [0.25, 0.3) is 5.56 Å². The molecule has 0 bridgehead atoms. The van der Waals surface area contributed by atoms with Crippen LogP contribution >= 0.6 is 0 Å². The fraction of sp³-hybridized carbons (Fsp3) is 0.476. The molecule has 10 nitrogen and oxygen atoms in total. The van der Waals surface area contributed by atoms with Gasteiger partial charge in [-0.15, -0.1) is 5.10 Å². The van der Waals surface area contributed by atoms with E-state index in [1.807, 2.05) is 14.0 Å². The molecule has 1 aliphatic heterocycles. The monoisotopic (exact) mass is 460 g/mol. The Balaban J connectivity index is 1.84. The van der Waals surface area contributed by atoms with Crippen molar-refractivity contribution in [3.8, 4) is 17.1 Å². The molecule has 1 N–H and O–H groups in total. The van der Waals surface area contributed by atoms with Crippen LogP contribution in [-0.2, 0) is 16.4 Å². The van der Waals surface area contributed by atoms with E-state index >= 15 is 0 Å². The number of ether oxygens (including phenoxy) is 1. The Morgan fingerprint density at radius 2 is 1.91 bits per heavy atom. The van der Waals surface area contributed by atoms with Gasteiger partial charge in [-0.25, -0.2) is 17.9 Å². The third kappa shape index (κ3) is 3.91. The summed E-state index contributed by atoms with van der Waals surface area (Å²) >= 11 is 0. The number of rotatable bonds is 6. The van der Waals surface area contributed by atoms with Crippen LogP contribution in [0.1, 0.15) is 24.9 Å². The molecule has 0 unspecified atom stereocenters. The molecule has 4 rings (SSSR count). The maximum Gasteiger partial charge on any atom is 0.277 e. The van der Waals surface area contributed by atoms with Crippen molar-refractivity contribution < 1.29 is 13.2 Å². The fourth-order valence-corrected chi connectivity index (χ4v) is 5.40. The predicted octanol–water partition coefficient (Wildman–Crippen LogP) is 1.29. The number of piperazine rings is 1. The Bertz CT molecular complexity index is 1310. The van der Waals surface area contributed by atoms with E-state index in [4.69, 9.17) is 4.74 Å². The van der Waals surface area contributed by atoms with Crippen LogP contribution in [0.4, 0.5) is 0 Å². The molecule has 1 fully saturated rings. The molecule has 1 aromatic carbocycles. The summed E-state index contributed by atoms with van der Waals surface area (Å²) in [5.41, 5.74) is 1.05. The summed E-state index contributed by atoms with van der Waals surface area (Å²) in [5, 5.41) is 4.60. The number of imidazole rings is 1. The molecule has 3 aromatic rings. The molecular weight excluding hydrogens is 432 g/mol. The van der Waals surface area contributed by atoms with Crippen LogP contribution in [-0.4, -0.2) is 77.5 Å². The number of aromatic amines is 1. The minimum atomic E-state index is -3.69. The van der Waals surface area contributed by atoms with Gasteiger partial charge in [-0.3, -0.25) is 4.79 Å². The summed E-state index contributed by atoms with van der Waals surface area (Å²) in [5.74, 6) is 1.33. The number of aryl methyl sites for hydroxylation is 2.